The van der Waals surface area contributed by atoms with Crippen molar-refractivity contribution in [2.24, 2.45) is 0 Å². The molecule has 0 fully saturated rings. The van der Waals surface area contributed by atoms with Gasteiger partial charge in [0.15, 0.2) is 5.75 Å². The molecular formula is C7H8N2O4. The van der Waals surface area contributed by atoms with Crippen molar-refractivity contribution in [1.29, 1.82) is 0 Å². The number of hydrogen-bond donors (Lipinski definition) is 1. The van der Waals surface area contributed by atoms with Crippen LogP contribution in [-0.2, 0) is 0 Å². The number of aromatic nitrogens is 2. The van der Waals surface area contributed by atoms with Gasteiger partial charge >= 0.3 is 12.2 Å². The summed E-state index contributed by atoms with van der Waals surface area (Å²) in [7, 11) is 0. The van der Waals surface area contributed by atoms with Gasteiger partial charge in [0.05, 0.1) is 19.0 Å². The van der Waals surface area contributed by atoms with E-state index in [0.717, 1.165) is 0 Å². The molecule has 0 aromatic carbocycles. The third kappa shape index (κ3) is 2.94. The molecule has 1 heterocycles. The molecule has 1 aromatic heterocycles. The van der Waals surface area contributed by atoms with Crippen LogP contribution in [0.4, 0.5) is 4.79 Å². The molecule has 0 spiro atoms. The summed E-state index contributed by atoms with van der Waals surface area (Å²) in [6.07, 6.45) is 1.24. The highest BCUT2D eigenvalue weighted by Crippen LogP contribution is 2.09. The monoisotopic (exact) mass is 184 g/mol. The van der Waals surface area contributed by atoms with Crippen LogP contribution in [0.3, 0.4) is 0 Å². The van der Waals surface area contributed by atoms with Gasteiger partial charge in [-0.25, -0.2) is 4.79 Å². The Kier molecular flexibility index (Phi) is 3.02. The van der Waals surface area contributed by atoms with Crippen molar-refractivity contribution < 1.29 is 19.4 Å². The van der Waals surface area contributed by atoms with Crippen LogP contribution in [0.1, 0.15) is 6.92 Å². The number of rotatable bonds is 3. The predicted molar refractivity (Wildman–Crippen MR) is 41.9 cm³/mol. The highest BCUT2D eigenvalue weighted by Gasteiger charge is 2.03. The molecule has 0 saturated heterocycles. The van der Waals surface area contributed by atoms with E-state index in [9.17, 15) is 4.79 Å². The van der Waals surface area contributed by atoms with E-state index in [1.54, 1.807) is 0 Å². The average molecular weight is 184 g/mol. The lowest BCUT2D eigenvalue weighted by Crippen LogP contribution is -2.06. The lowest BCUT2D eigenvalue weighted by atomic mass is 10.6. The fourth-order valence-electron chi connectivity index (χ4n) is 0.676. The molecule has 0 aliphatic heterocycles. The topological polar surface area (TPSA) is 81.5 Å². The van der Waals surface area contributed by atoms with Crippen molar-refractivity contribution in [1.82, 2.24) is 9.97 Å². The zero-order chi connectivity index (χ0) is 9.68. The quantitative estimate of drug-likeness (QED) is 0.703. The van der Waals surface area contributed by atoms with Crippen LogP contribution in [0.15, 0.2) is 12.4 Å². The maximum atomic E-state index is 10.0. The number of carbonyl (C=O) groups is 1. The molecule has 70 valence electrons. The summed E-state index contributed by atoms with van der Waals surface area (Å²) in [5, 5.41) is 8.21. The van der Waals surface area contributed by atoms with Crippen LogP contribution >= 0.6 is 0 Å². The van der Waals surface area contributed by atoms with Crippen LogP contribution in [0.25, 0.3) is 0 Å². The second kappa shape index (κ2) is 4.24. The van der Waals surface area contributed by atoms with E-state index in [-0.39, 0.29) is 6.01 Å². The normalized spacial score (nSPS) is 9.31. The Hall–Kier alpha value is -1.85. The molecule has 0 amide bonds. The first-order valence-electron chi connectivity index (χ1n) is 3.58. The van der Waals surface area contributed by atoms with Crippen LogP contribution in [0, 0.1) is 0 Å². The van der Waals surface area contributed by atoms with Gasteiger partial charge in [-0.1, -0.05) is 0 Å². The van der Waals surface area contributed by atoms with Crippen LogP contribution < -0.4 is 9.47 Å². The van der Waals surface area contributed by atoms with Crippen molar-refractivity contribution in [2.75, 3.05) is 6.61 Å². The van der Waals surface area contributed by atoms with Crippen LogP contribution in [0.5, 0.6) is 11.8 Å². The van der Waals surface area contributed by atoms with Gasteiger partial charge in [0.1, 0.15) is 0 Å². The largest absolute Gasteiger partial charge is 0.513 e. The molecule has 1 rings (SSSR count). The SMILES string of the molecule is CCOc1cnc(OC(=O)O)nc1. The Morgan fingerprint density at radius 1 is 1.54 bits per heavy atom. The molecular weight excluding hydrogens is 176 g/mol. The summed E-state index contributed by atoms with van der Waals surface area (Å²) < 4.78 is 9.22. The number of hydrogen-bond acceptors (Lipinski definition) is 5. The number of nitrogens with zero attached hydrogens (tertiary/aromatic N) is 2. The molecule has 0 atom stereocenters. The van der Waals surface area contributed by atoms with Gasteiger partial charge in [0.2, 0.25) is 0 Å². The Labute approximate surface area is 74.1 Å². The van der Waals surface area contributed by atoms with Crippen molar-refractivity contribution in [2.45, 2.75) is 6.92 Å². The summed E-state index contributed by atoms with van der Waals surface area (Å²) in [6, 6.07) is -0.212. The lowest BCUT2D eigenvalue weighted by Gasteiger charge is -2.01. The smallest absolute Gasteiger partial charge is 0.491 e. The second-order valence-electron chi connectivity index (χ2n) is 2.00. The van der Waals surface area contributed by atoms with Gasteiger partial charge < -0.3 is 14.6 Å². The number of carboxylic acid groups (broad SMARTS) is 1. The lowest BCUT2D eigenvalue weighted by molar-refractivity contribution is 0.140. The van der Waals surface area contributed by atoms with Crippen LogP contribution in [-0.4, -0.2) is 27.8 Å². The first kappa shape index (κ1) is 9.24. The van der Waals surface area contributed by atoms with Gasteiger partial charge in [-0.15, -0.1) is 0 Å². The molecule has 0 unspecified atom stereocenters. The minimum atomic E-state index is -1.44. The van der Waals surface area contributed by atoms with Crippen molar-refractivity contribution in [3.8, 4) is 11.8 Å². The molecule has 6 heteroatoms. The minimum absolute atomic E-state index is 0.212. The maximum absolute atomic E-state index is 10.0. The number of ether oxygens (including phenoxy) is 2. The Balaban J connectivity index is 2.64. The summed E-state index contributed by atoms with van der Waals surface area (Å²) in [5.74, 6) is 0.472. The summed E-state index contributed by atoms with van der Waals surface area (Å²) >= 11 is 0. The first-order valence-corrected chi connectivity index (χ1v) is 3.58. The third-order valence-corrected chi connectivity index (χ3v) is 1.09. The fraction of sp³-hybridized carbons (Fsp3) is 0.286. The zero-order valence-electron chi connectivity index (χ0n) is 6.93. The Morgan fingerprint density at radius 3 is 2.62 bits per heavy atom. The van der Waals surface area contributed by atoms with Crippen molar-refractivity contribution in [3.05, 3.63) is 12.4 Å². The molecule has 13 heavy (non-hydrogen) atoms. The highest BCUT2D eigenvalue weighted by atomic mass is 16.7. The molecule has 0 radical (unpaired) electrons. The minimum Gasteiger partial charge on any atom is -0.491 e. The van der Waals surface area contributed by atoms with E-state index in [1.807, 2.05) is 6.92 Å². The first-order chi connectivity index (χ1) is 6.22. The van der Waals surface area contributed by atoms with E-state index in [4.69, 9.17) is 9.84 Å². The van der Waals surface area contributed by atoms with Gasteiger partial charge in [0.25, 0.3) is 0 Å². The van der Waals surface area contributed by atoms with E-state index >= 15 is 0 Å². The molecule has 0 bridgehead atoms. The van der Waals surface area contributed by atoms with Crippen molar-refractivity contribution in [3.63, 3.8) is 0 Å². The second-order valence-corrected chi connectivity index (χ2v) is 2.00. The molecule has 1 aromatic rings. The Morgan fingerprint density at radius 2 is 2.15 bits per heavy atom. The Bertz CT molecular complexity index is 285. The molecule has 0 aliphatic carbocycles. The molecule has 0 aliphatic rings. The zero-order valence-corrected chi connectivity index (χ0v) is 6.93. The van der Waals surface area contributed by atoms with Gasteiger partial charge in [0, 0.05) is 0 Å². The average Bonchev–Trinajstić information content (AvgIpc) is 2.08. The molecule has 1 N–H and O–H groups in total. The molecule has 0 saturated carbocycles. The molecule has 6 nitrogen and oxygen atoms in total. The van der Waals surface area contributed by atoms with E-state index < -0.39 is 6.16 Å². The van der Waals surface area contributed by atoms with Gasteiger partial charge in [-0.05, 0) is 6.92 Å². The fourth-order valence-corrected chi connectivity index (χ4v) is 0.676. The highest BCUT2D eigenvalue weighted by molar-refractivity contribution is 5.59. The van der Waals surface area contributed by atoms with Crippen LogP contribution in [0.2, 0.25) is 0 Å². The summed E-state index contributed by atoms with van der Waals surface area (Å²) in [4.78, 5) is 17.2. The van der Waals surface area contributed by atoms with E-state index in [0.29, 0.717) is 12.4 Å². The van der Waals surface area contributed by atoms with Crippen molar-refractivity contribution >= 4 is 6.16 Å². The van der Waals surface area contributed by atoms with E-state index in [1.165, 1.54) is 12.4 Å². The maximum Gasteiger partial charge on any atom is 0.513 e. The summed E-state index contributed by atoms with van der Waals surface area (Å²) in [5.41, 5.74) is 0. The standard InChI is InChI=1S/C7H8N2O4/c1-2-12-5-3-8-6(9-4-5)13-7(10)11/h3-4H,2H2,1H3,(H,10,11). The third-order valence-electron chi connectivity index (χ3n) is 1.09. The predicted octanol–water partition coefficient (Wildman–Crippen LogP) is 0.932. The van der Waals surface area contributed by atoms with Gasteiger partial charge in [-0.3, -0.25) is 0 Å². The van der Waals surface area contributed by atoms with E-state index in [2.05, 4.69) is 14.7 Å². The van der Waals surface area contributed by atoms with Gasteiger partial charge in [-0.2, -0.15) is 9.97 Å². The summed E-state index contributed by atoms with van der Waals surface area (Å²) in [6.45, 7) is 2.32.